The van der Waals surface area contributed by atoms with Crippen molar-refractivity contribution in [2.45, 2.75) is 32.0 Å². The fourth-order valence-electron chi connectivity index (χ4n) is 3.87. The van der Waals surface area contributed by atoms with Crippen LogP contribution in [0.5, 0.6) is 11.5 Å². The van der Waals surface area contributed by atoms with Gasteiger partial charge in [-0.25, -0.2) is 0 Å². The summed E-state index contributed by atoms with van der Waals surface area (Å²) in [5, 5.41) is 8.53. The number of carbonyl (C=O) groups excluding carboxylic acids is 1. The minimum atomic E-state index is 0.0370. The van der Waals surface area contributed by atoms with Crippen LogP contribution < -0.4 is 9.47 Å². The van der Waals surface area contributed by atoms with Gasteiger partial charge in [-0.1, -0.05) is 42.1 Å². The van der Waals surface area contributed by atoms with Crippen LogP contribution in [-0.4, -0.2) is 40.5 Å². The maximum absolute atomic E-state index is 13.0. The van der Waals surface area contributed by atoms with Crippen molar-refractivity contribution in [2.75, 3.05) is 20.0 Å². The fraction of sp³-hybridized carbons (Fsp3) is 0.269. The zero-order chi connectivity index (χ0) is 24.1. The van der Waals surface area contributed by atoms with Crippen LogP contribution in [0.15, 0.2) is 64.2 Å². The number of benzene rings is 2. The van der Waals surface area contributed by atoms with Gasteiger partial charge in [-0.15, -0.1) is 10.2 Å². The molecule has 0 amide bonds. The summed E-state index contributed by atoms with van der Waals surface area (Å²) in [6, 6.07) is 17.7. The molecule has 0 saturated heterocycles. The number of rotatable bonds is 10. The first-order chi connectivity index (χ1) is 16.5. The summed E-state index contributed by atoms with van der Waals surface area (Å²) >= 11 is 1.24. The van der Waals surface area contributed by atoms with Crippen LogP contribution in [-0.2, 0) is 13.0 Å². The number of Topliss-reactive ketones (excluding diaryl/α,β-unsaturated/α-hetero) is 1. The van der Waals surface area contributed by atoms with Crippen LogP contribution in [0.25, 0.3) is 11.5 Å². The second kappa shape index (κ2) is 10.6. The fourth-order valence-corrected chi connectivity index (χ4v) is 4.52. The Kier molecular flexibility index (Phi) is 7.37. The van der Waals surface area contributed by atoms with E-state index in [1.807, 2.05) is 44.2 Å². The van der Waals surface area contributed by atoms with Crippen molar-refractivity contribution in [2.24, 2.45) is 0 Å². The second-order valence-corrected chi connectivity index (χ2v) is 8.75. The molecule has 0 bridgehead atoms. The number of thioether (sulfide) groups is 1. The number of nitrogens with zero attached hydrogens (tertiary/aromatic N) is 3. The standard InChI is InChI=1S/C26H27N3O4S/c1-17-14-21(18(2)29(17)13-12-19-8-6-5-7-9-19)22(30)16-34-26-28-27-25(33-26)20-10-11-23(31-3)24(15-20)32-4/h5-11,14-15H,12-13,16H2,1-4H3. The highest BCUT2D eigenvalue weighted by Gasteiger charge is 2.18. The molecule has 0 saturated carbocycles. The van der Waals surface area contributed by atoms with Crippen molar-refractivity contribution in [1.29, 1.82) is 0 Å². The average Bonchev–Trinajstić information content (AvgIpc) is 3.45. The molecule has 2 aromatic heterocycles. The largest absolute Gasteiger partial charge is 0.493 e. The first kappa shape index (κ1) is 23.6. The van der Waals surface area contributed by atoms with Crippen LogP contribution >= 0.6 is 11.8 Å². The van der Waals surface area contributed by atoms with E-state index in [9.17, 15) is 4.79 Å². The Bertz CT molecular complexity index is 1280. The Balaban J connectivity index is 1.40. The Morgan fingerprint density at radius 3 is 2.50 bits per heavy atom. The van der Waals surface area contributed by atoms with E-state index in [0.29, 0.717) is 28.2 Å². The number of hydrogen-bond donors (Lipinski definition) is 0. The molecular formula is C26H27N3O4S. The summed E-state index contributed by atoms with van der Waals surface area (Å²) in [5.74, 6) is 1.80. The van der Waals surface area contributed by atoms with Gasteiger partial charge >= 0.3 is 0 Å². The lowest BCUT2D eigenvalue weighted by atomic mass is 10.1. The molecule has 0 spiro atoms. The molecule has 0 aliphatic rings. The molecule has 4 rings (SSSR count). The molecular weight excluding hydrogens is 450 g/mol. The van der Waals surface area contributed by atoms with Gasteiger partial charge in [-0.05, 0) is 50.1 Å². The van der Waals surface area contributed by atoms with Crippen LogP contribution in [0.3, 0.4) is 0 Å². The highest BCUT2D eigenvalue weighted by Crippen LogP contribution is 2.32. The SMILES string of the molecule is COc1ccc(-c2nnc(SCC(=O)c3cc(C)n(CCc4ccccc4)c3C)o2)cc1OC. The maximum Gasteiger partial charge on any atom is 0.277 e. The molecule has 0 unspecified atom stereocenters. The van der Waals surface area contributed by atoms with Crippen LogP contribution in [0, 0.1) is 13.8 Å². The molecule has 0 aliphatic heterocycles. The number of aryl methyl sites for hydroxylation is 2. The van der Waals surface area contributed by atoms with Gasteiger partial charge in [0.25, 0.3) is 5.22 Å². The number of ketones is 1. The Labute approximate surface area is 203 Å². The highest BCUT2D eigenvalue weighted by atomic mass is 32.2. The minimum Gasteiger partial charge on any atom is -0.493 e. The Morgan fingerprint density at radius 1 is 1.00 bits per heavy atom. The van der Waals surface area contributed by atoms with Gasteiger partial charge in [0.05, 0.1) is 20.0 Å². The molecule has 34 heavy (non-hydrogen) atoms. The average molecular weight is 478 g/mol. The molecule has 0 fully saturated rings. The van der Waals surface area contributed by atoms with E-state index in [-0.39, 0.29) is 11.5 Å². The third kappa shape index (κ3) is 5.17. The van der Waals surface area contributed by atoms with Gasteiger partial charge in [0.2, 0.25) is 5.89 Å². The van der Waals surface area contributed by atoms with E-state index in [2.05, 4.69) is 26.9 Å². The first-order valence-electron chi connectivity index (χ1n) is 10.9. The van der Waals surface area contributed by atoms with Crippen molar-refractivity contribution < 1.29 is 18.7 Å². The summed E-state index contributed by atoms with van der Waals surface area (Å²) in [4.78, 5) is 13.0. The summed E-state index contributed by atoms with van der Waals surface area (Å²) in [6.45, 7) is 4.87. The molecule has 176 valence electrons. The smallest absolute Gasteiger partial charge is 0.277 e. The van der Waals surface area contributed by atoms with Crippen molar-refractivity contribution >= 4 is 17.5 Å². The van der Waals surface area contributed by atoms with Crippen molar-refractivity contribution in [3.05, 3.63) is 77.1 Å². The van der Waals surface area contributed by atoms with Gasteiger partial charge in [0.1, 0.15) is 0 Å². The van der Waals surface area contributed by atoms with Gasteiger partial charge in [-0.2, -0.15) is 0 Å². The monoisotopic (exact) mass is 477 g/mol. The molecule has 2 aromatic carbocycles. The normalized spacial score (nSPS) is 10.9. The summed E-state index contributed by atoms with van der Waals surface area (Å²) in [5.41, 5.74) is 4.79. The van der Waals surface area contributed by atoms with E-state index < -0.39 is 0 Å². The lowest BCUT2D eigenvalue weighted by Gasteiger charge is -2.10. The Hall–Kier alpha value is -3.52. The predicted molar refractivity (Wildman–Crippen MR) is 132 cm³/mol. The van der Waals surface area contributed by atoms with E-state index >= 15 is 0 Å². The molecule has 8 heteroatoms. The second-order valence-electron chi connectivity index (χ2n) is 7.83. The summed E-state index contributed by atoms with van der Waals surface area (Å²) in [6.07, 6.45) is 0.917. The highest BCUT2D eigenvalue weighted by molar-refractivity contribution is 7.99. The van der Waals surface area contributed by atoms with E-state index in [4.69, 9.17) is 13.9 Å². The molecule has 4 aromatic rings. The van der Waals surface area contributed by atoms with Crippen LogP contribution in [0.1, 0.15) is 27.3 Å². The van der Waals surface area contributed by atoms with Gasteiger partial charge in [0.15, 0.2) is 17.3 Å². The van der Waals surface area contributed by atoms with E-state index in [1.165, 1.54) is 17.3 Å². The minimum absolute atomic E-state index is 0.0370. The zero-order valence-corrected chi connectivity index (χ0v) is 20.5. The van der Waals surface area contributed by atoms with Crippen molar-refractivity contribution in [3.8, 4) is 23.0 Å². The quantitative estimate of drug-likeness (QED) is 0.224. The first-order valence-corrected chi connectivity index (χ1v) is 11.9. The molecule has 7 nitrogen and oxygen atoms in total. The number of ether oxygens (including phenoxy) is 2. The molecule has 0 radical (unpaired) electrons. The summed E-state index contributed by atoms with van der Waals surface area (Å²) in [7, 11) is 3.15. The van der Waals surface area contributed by atoms with Crippen LogP contribution in [0.4, 0.5) is 0 Å². The lowest BCUT2D eigenvalue weighted by molar-refractivity contribution is 0.102. The van der Waals surface area contributed by atoms with Crippen LogP contribution in [0.2, 0.25) is 0 Å². The number of hydrogen-bond acceptors (Lipinski definition) is 7. The van der Waals surface area contributed by atoms with Gasteiger partial charge in [0, 0.05) is 29.1 Å². The van der Waals surface area contributed by atoms with E-state index in [0.717, 1.165) is 29.9 Å². The van der Waals surface area contributed by atoms with E-state index in [1.54, 1.807) is 26.4 Å². The number of aromatic nitrogens is 3. The van der Waals surface area contributed by atoms with Gasteiger partial charge in [-0.3, -0.25) is 4.79 Å². The predicted octanol–water partition coefficient (Wildman–Crippen LogP) is 5.39. The van der Waals surface area contributed by atoms with Crippen molar-refractivity contribution in [3.63, 3.8) is 0 Å². The number of methoxy groups -OCH3 is 2. The molecule has 2 heterocycles. The van der Waals surface area contributed by atoms with Gasteiger partial charge < -0.3 is 18.5 Å². The third-order valence-electron chi connectivity index (χ3n) is 5.70. The number of carbonyl (C=O) groups is 1. The lowest BCUT2D eigenvalue weighted by Crippen LogP contribution is -2.08. The summed E-state index contributed by atoms with van der Waals surface area (Å²) < 4.78 is 18.6. The van der Waals surface area contributed by atoms with Crippen molar-refractivity contribution in [1.82, 2.24) is 14.8 Å². The zero-order valence-electron chi connectivity index (χ0n) is 19.7. The third-order valence-corrected chi connectivity index (χ3v) is 6.52. The Morgan fingerprint density at radius 2 is 1.76 bits per heavy atom. The maximum atomic E-state index is 13.0. The topological polar surface area (TPSA) is 79.4 Å². The molecule has 0 aliphatic carbocycles. The molecule has 0 atom stereocenters. The molecule has 0 N–H and O–H groups in total.